The number of rotatable bonds is 5. The van der Waals surface area contributed by atoms with Gasteiger partial charge in [-0.25, -0.2) is 0 Å². The van der Waals surface area contributed by atoms with Crippen molar-refractivity contribution >= 4 is 5.91 Å². The van der Waals surface area contributed by atoms with Crippen molar-refractivity contribution in [3.8, 4) is 17.2 Å². The van der Waals surface area contributed by atoms with Gasteiger partial charge >= 0.3 is 0 Å². The summed E-state index contributed by atoms with van der Waals surface area (Å²) in [5, 5.41) is 8.11. The number of likely N-dealkylation sites (tertiary alicyclic amines) is 1. The zero-order valence-electron chi connectivity index (χ0n) is 14.2. The molecule has 0 atom stereocenters. The lowest BCUT2D eigenvalue weighted by Gasteiger charge is -2.30. The number of aryl methyl sites for hydroxylation is 1. The SMILES string of the molecule is COc1ccc(-c2nnc(CCC(=O)N3CCC(C)CC3)o2)cc1. The Labute approximate surface area is 141 Å². The van der Waals surface area contributed by atoms with Crippen LogP contribution in [-0.2, 0) is 11.2 Å². The van der Waals surface area contributed by atoms with Crippen molar-refractivity contribution in [2.45, 2.75) is 32.6 Å². The van der Waals surface area contributed by atoms with Crippen LogP contribution in [0.3, 0.4) is 0 Å². The van der Waals surface area contributed by atoms with E-state index in [4.69, 9.17) is 9.15 Å². The van der Waals surface area contributed by atoms with Crippen molar-refractivity contribution in [3.63, 3.8) is 0 Å². The number of hydrogen-bond acceptors (Lipinski definition) is 5. The van der Waals surface area contributed by atoms with Crippen molar-refractivity contribution in [3.05, 3.63) is 30.2 Å². The maximum Gasteiger partial charge on any atom is 0.247 e. The molecule has 128 valence electrons. The van der Waals surface area contributed by atoms with Crippen LogP contribution in [0.5, 0.6) is 5.75 Å². The third-order valence-electron chi connectivity index (χ3n) is 4.49. The highest BCUT2D eigenvalue weighted by Gasteiger charge is 2.20. The number of ether oxygens (including phenoxy) is 1. The average Bonchev–Trinajstić information content (AvgIpc) is 3.09. The van der Waals surface area contributed by atoms with Gasteiger partial charge in [-0.05, 0) is 43.0 Å². The van der Waals surface area contributed by atoms with E-state index in [0.29, 0.717) is 24.6 Å². The molecule has 0 spiro atoms. The molecule has 1 saturated heterocycles. The fourth-order valence-corrected chi connectivity index (χ4v) is 2.83. The van der Waals surface area contributed by atoms with Crippen LogP contribution in [0.1, 0.15) is 32.1 Å². The smallest absolute Gasteiger partial charge is 0.247 e. The van der Waals surface area contributed by atoms with E-state index in [9.17, 15) is 4.79 Å². The molecule has 1 aromatic heterocycles. The number of carbonyl (C=O) groups is 1. The first kappa shape index (κ1) is 16.5. The fourth-order valence-electron chi connectivity index (χ4n) is 2.83. The van der Waals surface area contributed by atoms with E-state index in [1.807, 2.05) is 29.2 Å². The van der Waals surface area contributed by atoms with E-state index < -0.39 is 0 Å². The van der Waals surface area contributed by atoms with Crippen LogP contribution in [0.2, 0.25) is 0 Å². The standard InChI is InChI=1S/C18H23N3O3/c1-13-9-11-21(12-10-13)17(22)8-7-16-19-20-18(24-16)14-3-5-15(23-2)6-4-14/h3-6,13H,7-12H2,1-2H3. The number of piperidine rings is 1. The number of nitrogens with zero attached hydrogens (tertiary/aromatic N) is 3. The third kappa shape index (κ3) is 3.93. The Bertz CT molecular complexity index is 673. The molecule has 1 aliphatic heterocycles. The van der Waals surface area contributed by atoms with E-state index in [1.165, 1.54) is 0 Å². The topological polar surface area (TPSA) is 68.5 Å². The van der Waals surface area contributed by atoms with Crippen LogP contribution >= 0.6 is 0 Å². The lowest BCUT2D eigenvalue weighted by atomic mass is 9.99. The van der Waals surface area contributed by atoms with Gasteiger partial charge in [0.05, 0.1) is 7.11 Å². The molecule has 1 amide bonds. The molecule has 0 unspecified atom stereocenters. The van der Waals surface area contributed by atoms with Crippen LogP contribution < -0.4 is 4.74 Å². The molecule has 1 fully saturated rings. The van der Waals surface area contributed by atoms with E-state index in [2.05, 4.69) is 17.1 Å². The van der Waals surface area contributed by atoms with Gasteiger partial charge in [0, 0.05) is 31.5 Å². The zero-order chi connectivity index (χ0) is 16.9. The Balaban J connectivity index is 1.55. The minimum Gasteiger partial charge on any atom is -0.497 e. The van der Waals surface area contributed by atoms with E-state index >= 15 is 0 Å². The van der Waals surface area contributed by atoms with Crippen molar-refractivity contribution in [2.75, 3.05) is 20.2 Å². The molecule has 2 aromatic rings. The summed E-state index contributed by atoms with van der Waals surface area (Å²) in [5.41, 5.74) is 0.839. The Morgan fingerprint density at radius 3 is 2.62 bits per heavy atom. The lowest BCUT2D eigenvalue weighted by molar-refractivity contribution is -0.132. The maximum atomic E-state index is 12.2. The Kier molecular flexibility index (Phi) is 5.13. The maximum absolute atomic E-state index is 12.2. The number of methoxy groups -OCH3 is 1. The Hall–Kier alpha value is -2.37. The van der Waals surface area contributed by atoms with Crippen molar-refractivity contribution < 1.29 is 13.9 Å². The number of benzene rings is 1. The molecule has 0 N–H and O–H groups in total. The van der Waals surface area contributed by atoms with Crippen LogP contribution in [0.4, 0.5) is 0 Å². The molecular formula is C18H23N3O3. The molecular weight excluding hydrogens is 306 g/mol. The summed E-state index contributed by atoms with van der Waals surface area (Å²) in [6.07, 6.45) is 3.08. The fraction of sp³-hybridized carbons (Fsp3) is 0.500. The Morgan fingerprint density at radius 2 is 1.96 bits per heavy atom. The zero-order valence-corrected chi connectivity index (χ0v) is 14.2. The summed E-state index contributed by atoms with van der Waals surface area (Å²) in [4.78, 5) is 14.2. The molecule has 0 aliphatic carbocycles. The monoisotopic (exact) mass is 329 g/mol. The highest BCUT2D eigenvalue weighted by atomic mass is 16.5. The molecule has 2 heterocycles. The van der Waals surface area contributed by atoms with Gasteiger partial charge in [0.25, 0.3) is 0 Å². The van der Waals surface area contributed by atoms with Crippen LogP contribution in [0, 0.1) is 5.92 Å². The first-order chi connectivity index (χ1) is 11.7. The first-order valence-electron chi connectivity index (χ1n) is 8.40. The molecule has 1 aliphatic rings. The normalized spacial score (nSPS) is 15.5. The summed E-state index contributed by atoms with van der Waals surface area (Å²) in [6.45, 7) is 3.96. The van der Waals surface area contributed by atoms with E-state index in [-0.39, 0.29) is 5.91 Å². The number of hydrogen-bond donors (Lipinski definition) is 0. The highest BCUT2D eigenvalue weighted by Crippen LogP contribution is 2.22. The second-order valence-corrected chi connectivity index (χ2v) is 6.29. The third-order valence-corrected chi connectivity index (χ3v) is 4.49. The van der Waals surface area contributed by atoms with Gasteiger partial charge in [0.1, 0.15) is 5.75 Å². The quantitative estimate of drug-likeness (QED) is 0.843. The second kappa shape index (κ2) is 7.47. The summed E-state index contributed by atoms with van der Waals surface area (Å²) < 4.78 is 10.8. The number of aromatic nitrogens is 2. The molecule has 1 aromatic carbocycles. The number of carbonyl (C=O) groups excluding carboxylic acids is 1. The molecule has 6 nitrogen and oxygen atoms in total. The molecule has 3 rings (SSSR count). The van der Waals surface area contributed by atoms with Gasteiger partial charge in [0.2, 0.25) is 17.7 Å². The van der Waals surface area contributed by atoms with E-state index in [0.717, 1.165) is 43.2 Å². The van der Waals surface area contributed by atoms with Gasteiger partial charge in [-0.2, -0.15) is 0 Å². The molecule has 24 heavy (non-hydrogen) atoms. The molecule has 0 bridgehead atoms. The van der Waals surface area contributed by atoms with E-state index in [1.54, 1.807) is 7.11 Å². The number of amides is 1. The van der Waals surface area contributed by atoms with Gasteiger partial charge in [-0.3, -0.25) is 4.79 Å². The van der Waals surface area contributed by atoms with Crippen LogP contribution in [0.25, 0.3) is 11.5 Å². The van der Waals surface area contributed by atoms with Gasteiger partial charge in [0.15, 0.2) is 0 Å². The Morgan fingerprint density at radius 1 is 1.25 bits per heavy atom. The lowest BCUT2D eigenvalue weighted by Crippen LogP contribution is -2.38. The molecule has 0 saturated carbocycles. The van der Waals surface area contributed by atoms with Crippen LogP contribution in [-0.4, -0.2) is 41.2 Å². The average molecular weight is 329 g/mol. The van der Waals surface area contributed by atoms with Gasteiger partial charge < -0.3 is 14.1 Å². The second-order valence-electron chi connectivity index (χ2n) is 6.29. The molecule has 6 heteroatoms. The summed E-state index contributed by atoms with van der Waals surface area (Å²) in [6, 6.07) is 7.44. The minimum absolute atomic E-state index is 0.172. The van der Waals surface area contributed by atoms with Gasteiger partial charge in [-0.15, -0.1) is 10.2 Å². The van der Waals surface area contributed by atoms with Crippen molar-refractivity contribution in [2.24, 2.45) is 5.92 Å². The summed E-state index contributed by atoms with van der Waals surface area (Å²) in [7, 11) is 1.62. The summed E-state index contributed by atoms with van der Waals surface area (Å²) >= 11 is 0. The highest BCUT2D eigenvalue weighted by molar-refractivity contribution is 5.76. The minimum atomic E-state index is 0.172. The molecule has 0 radical (unpaired) electrons. The largest absolute Gasteiger partial charge is 0.497 e. The van der Waals surface area contributed by atoms with Crippen LogP contribution in [0.15, 0.2) is 28.7 Å². The predicted molar refractivity (Wildman–Crippen MR) is 89.6 cm³/mol. The predicted octanol–water partition coefficient (Wildman–Crippen LogP) is 2.94. The van der Waals surface area contributed by atoms with Gasteiger partial charge in [-0.1, -0.05) is 6.92 Å². The van der Waals surface area contributed by atoms with Crippen molar-refractivity contribution in [1.29, 1.82) is 0 Å². The van der Waals surface area contributed by atoms with Crippen molar-refractivity contribution in [1.82, 2.24) is 15.1 Å². The summed E-state index contributed by atoms with van der Waals surface area (Å²) in [5.74, 6) is 2.63. The first-order valence-corrected chi connectivity index (χ1v) is 8.40.